The van der Waals surface area contributed by atoms with Gasteiger partial charge in [0, 0.05) is 18.5 Å². The van der Waals surface area contributed by atoms with Crippen LogP contribution in [0, 0.1) is 12.7 Å². The SMILES string of the molecule is COC(=O)C1(Nc2cc(C)cc(F)c2)CCOC(C)(C)C1. The Bertz CT molecular complexity index is 524. The Hall–Kier alpha value is -1.62. The first-order valence-corrected chi connectivity index (χ1v) is 7.04. The number of anilines is 1. The third kappa shape index (κ3) is 3.53. The first-order valence-electron chi connectivity index (χ1n) is 7.04. The predicted molar refractivity (Wildman–Crippen MR) is 78.8 cm³/mol. The number of aryl methyl sites for hydroxylation is 1. The summed E-state index contributed by atoms with van der Waals surface area (Å²) in [4.78, 5) is 12.3. The topological polar surface area (TPSA) is 47.6 Å². The summed E-state index contributed by atoms with van der Waals surface area (Å²) in [6.45, 7) is 6.13. The molecule has 1 aromatic carbocycles. The second-order valence-corrected chi connectivity index (χ2v) is 6.25. The minimum absolute atomic E-state index is 0.330. The smallest absolute Gasteiger partial charge is 0.331 e. The second-order valence-electron chi connectivity index (χ2n) is 6.25. The lowest BCUT2D eigenvalue weighted by molar-refractivity contribution is -0.156. The summed E-state index contributed by atoms with van der Waals surface area (Å²) >= 11 is 0. The fraction of sp³-hybridized carbons (Fsp3) is 0.562. The summed E-state index contributed by atoms with van der Waals surface area (Å²) in [6.07, 6.45) is 0.945. The second kappa shape index (κ2) is 5.64. The molecule has 0 radical (unpaired) electrons. The number of methoxy groups -OCH3 is 1. The summed E-state index contributed by atoms with van der Waals surface area (Å²) < 4.78 is 24.2. The molecule has 1 fully saturated rings. The molecule has 0 aliphatic carbocycles. The van der Waals surface area contributed by atoms with E-state index < -0.39 is 11.1 Å². The fourth-order valence-electron chi connectivity index (χ4n) is 2.98. The average Bonchev–Trinajstić information content (AvgIpc) is 2.35. The predicted octanol–water partition coefficient (Wildman–Crippen LogP) is 3.05. The number of hydrogen-bond acceptors (Lipinski definition) is 4. The van der Waals surface area contributed by atoms with E-state index in [0.29, 0.717) is 25.1 Å². The van der Waals surface area contributed by atoms with Crippen LogP contribution in [0.2, 0.25) is 0 Å². The number of nitrogens with one attached hydrogen (secondary N) is 1. The van der Waals surface area contributed by atoms with Crippen LogP contribution in [0.1, 0.15) is 32.3 Å². The van der Waals surface area contributed by atoms with E-state index in [2.05, 4.69) is 5.32 Å². The highest BCUT2D eigenvalue weighted by Crippen LogP contribution is 2.36. The van der Waals surface area contributed by atoms with E-state index in [0.717, 1.165) is 5.56 Å². The zero-order valence-electron chi connectivity index (χ0n) is 13.0. The van der Waals surface area contributed by atoms with E-state index in [1.54, 1.807) is 0 Å². The molecule has 1 unspecified atom stereocenters. The molecular weight excluding hydrogens is 273 g/mol. The minimum atomic E-state index is -0.892. The van der Waals surface area contributed by atoms with Gasteiger partial charge in [0.15, 0.2) is 0 Å². The van der Waals surface area contributed by atoms with E-state index in [-0.39, 0.29) is 11.8 Å². The lowest BCUT2D eigenvalue weighted by atomic mass is 9.81. The van der Waals surface area contributed by atoms with E-state index >= 15 is 0 Å². The Morgan fingerprint density at radius 1 is 1.38 bits per heavy atom. The Morgan fingerprint density at radius 3 is 2.67 bits per heavy atom. The molecule has 116 valence electrons. The van der Waals surface area contributed by atoms with Gasteiger partial charge in [-0.05, 0) is 44.5 Å². The molecule has 0 aromatic heterocycles. The van der Waals surface area contributed by atoms with Crippen molar-refractivity contribution in [3.63, 3.8) is 0 Å². The molecule has 1 saturated heterocycles. The molecule has 1 heterocycles. The van der Waals surface area contributed by atoms with Crippen molar-refractivity contribution in [3.05, 3.63) is 29.6 Å². The van der Waals surface area contributed by atoms with Crippen LogP contribution < -0.4 is 5.32 Å². The lowest BCUT2D eigenvalue weighted by Gasteiger charge is -2.43. The van der Waals surface area contributed by atoms with E-state index in [9.17, 15) is 9.18 Å². The Morgan fingerprint density at radius 2 is 2.10 bits per heavy atom. The Labute approximate surface area is 124 Å². The van der Waals surface area contributed by atoms with Gasteiger partial charge in [0.1, 0.15) is 11.4 Å². The molecule has 1 aromatic rings. The van der Waals surface area contributed by atoms with Crippen LogP contribution in [-0.2, 0) is 14.3 Å². The van der Waals surface area contributed by atoms with Crippen molar-refractivity contribution in [2.75, 3.05) is 19.0 Å². The van der Waals surface area contributed by atoms with Crippen molar-refractivity contribution in [2.45, 2.75) is 44.8 Å². The minimum Gasteiger partial charge on any atom is -0.467 e. The highest BCUT2D eigenvalue weighted by atomic mass is 19.1. The van der Waals surface area contributed by atoms with E-state index in [4.69, 9.17) is 9.47 Å². The van der Waals surface area contributed by atoms with Crippen LogP contribution in [0.15, 0.2) is 18.2 Å². The third-order valence-corrected chi connectivity index (χ3v) is 3.75. The fourth-order valence-corrected chi connectivity index (χ4v) is 2.98. The van der Waals surface area contributed by atoms with Crippen molar-refractivity contribution < 1.29 is 18.7 Å². The van der Waals surface area contributed by atoms with Crippen LogP contribution >= 0.6 is 0 Å². The third-order valence-electron chi connectivity index (χ3n) is 3.75. The lowest BCUT2D eigenvalue weighted by Crippen LogP contribution is -2.56. The molecule has 2 rings (SSSR count). The van der Waals surface area contributed by atoms with Gasteiger partial charge in [0.25, 0.3) is 0 Å². The summed E-state index contributed by atoms with van der Waals surface area (Å²) in [5, 5.41) is 3.19. The van der Waals surface area contributed by atoms with Gasteiger partial charge in [0.2, 0.25) is 0 Å². The highest BCUT2D eigenvalue weighted by Gasteiger charge is 2.47. The maximum Gasteiger partial charge on any atom is 0.331 e. The molecule has 0 saturated carbocycles. The van der Waals surface area contributed by atoms with Crippen molar-refractivity contribution in [2.24, 2.45) is 0 Å². The summed E-state index contributed by atoms with van der Waals surface area (Å²) in [7, 11) is 1.37. The van der Waals surface area contributed by atoms with Crippen molar-refractivity contribution in [1.29, 1.82) is 0 Å². The summed E-state index contributed by atoms with van der Waals surface area (Å²) in [6, 6.07) is 4.65. The van der Waals surface area contributed by atoms with Gasteiger partial charge >= 0.3 is 5.97 Å². The van der Waals surface area contributed by atoms with Crippen LogP contribution in [-0.4, -0.2) is 30.8 Å². The number of hydrogen-bond donors (Lipinski definition) is 1. The normalized spacial score (nSPS) is 24.4. The molecule has 1 N–H and O–H groups in total. The van der Waals surface area contributed by atoms with Gasteiger partial charge in [-0.3, -0.25) is 0 Å². The van der Waals surface area contributed by atoms with Gasteiger partial charge in [0.05, 0.1) is 19.3 Å². The van der Waals surface area contributed by atoms with Gasteiger partial charge in [-0.15, -0.1) is 0 Å². The number of halogens is 1. The highest BCUT2D eigenvalue weighted by molar-refractivity contribution is 5.85. The number of carbonyl (C=O) groups is 1. The maximum atomic E-state index is 13.6. The average molecular weight is 295 g/mol. The van der Waals surface area contributed by atoms with Crippen LogP contribution in [0.25, 0.3) is 0 Å². The van der Waals surface area contributed by atoms with Gasteiger partial charge in [-0.2, -0.15) is 0 Å². The molecule has 1 atom stereocenters. The Kier molecular flexibility index (Phi) is 4.23. The van der Waals surface area contributed by atoms with Gasteiger partial charge in [-0.25, -0.2) is 9.18 Å². The van der Waals surface area contributed by atoms with Crippen molar-refractivity contribution in [1.82, 2.24) is 0 Å². The quantitative estimate of drug-likeness (QED) is 0.871. The van der Waals surface area contributed by atoms with E-state index in [1.165, 1.54) is 19.2 Å². The van der Waals surface area contributed by atoms with Crippen LogP contribution in [0.3, 0.4) is 0 Å². The number of carbonyl (C=O) groups excluding carboxylic acids is 1. The monoisotopic (exact) mass is 295 g/mol. The van der Waals surface area contributed by atoms with Crippen molar-refractivity contribution in [3.8, 4) is 0 Å². The number of benzene rings is 1. The maximum absolute atomic E-state index is 13.6. The molecular formula is C16H22FNO3. The summed E-state index contributed by atoms with van der Waals surface area (Å²) in [5.41, 5.74) is 0.0397. The van der Waals surface area contributed by atoms with Gasteiger partial charge in [-0.1, -0.05) is 0 Å². The zero-order valence-corrected chi connectivity index (χ0v) is 13.0. The first-order chi connectivity index (χ1) is 9.76. The zero-order chi connectivity index (χ0) is 15.7. The molecule has 1 aliphatic heterocycles. The van der Waals surface area contributed by atoms with Crippen LogP contribution in [0.5, 0.6) is 0 Å². The molecule has 0 spiro atoms. The summed E-state index contributed by atoms with van der Waals surface area (Å²) in [5.74, 6) is -0.676. The Balaban J connectivity index is 2.34. The first kappa shape index (κ1) is 15.8. The van der Waals surface area contributed by atoms with Crippen molar-refractivity contribution >= 4 is 11.7 Å². The number of rotatable bonds is 3. The molecule has 5 heteroatoms. The number of ether oxygens (including phenoxy) is 2. The molecule has 4 nitrogen and oxygen atoms in total. The molecule has 21 heavy (non-hydrogen) atoms. The van der Waals surface area contributed by atoms with E-state index in [1.807, 2.05) is 26.8 Å². The standard InChI is InChI=1S/C16H22FNO3/c1-11-7-12(17)9-13(8-11)18-16(14(19)20-4)5-6-21-15(2,3)10-16/h7-9,18H,5-6,10H2,1-4H3. The van der Waals surface area contributed by atoms with Gasteiger partial charge < -0.3 is 14.8 Å². The number of esters is 1. The molecule has 1 aliphatic rings. The molecule has 0 bridgehead atoms. The van der Waals surface area contributed by atoms with Crippen LogP contribution in [0.4, 0.5) is 10.1 Å². The molecule has 0 amide bonds. The largest absolute Gasteiger partial charge is 0.467 e.